The summed E-state index contributed by atoms with van der Waals surface area (Å²) in [7, 11) is 0. The Morgan fingerprint density at radius 1 is 1.21 bits per heavy atom. The molecule has 0 saturated carbocycles. The number of pyridine rings is 2. The Balaban J connectivity index is 1.77. The van der Waals surface area contributed by atoms with E-state index in [-0.39, 0.29) is 0 Å². The van der Waals surface area contributed by atoms with E-state index in [0.29, 0.717) is 30.0 Å². The van der Waals surface area contributed by atoms with Gasteiger partial charge in [-0.25, -0.2) is 9.37 Å². The van der Waals surface area contributed by atoms with E-state index in [1.165, 1.54) is 12.3 Å². The van der Waals surface area contributed by atoms with Crippen molar-refractivity contribution in [3.63, 3.8) is 0 Å². The molecular weight excluding hydrogens is 362 g/mol. The van der Waals surface area contributed by atoms with Crippen LogP contribution in [0.5, 0.6) is 0 Å². The van der Waals surface area contributed by atoms with E-state index in [4.69, 9.17) is 5.10 Å². The number of fused-ring (bicyclic) bond motifs is 2. The SMILES string of the molecule is CC1(CF)CCc2c(-c3ccnc4[nH]ncc34)c(-c3ccc(F)cn3)nn2C1. The van der Waals surface area contributed by atoms with Crippen LogP contribution in [-0.4, -0.2) is 36.6 Å². The summed E-state index contributed by atoms with van der Waals surface area (Å²) in [6, 6.07) is 4.91. The molecule has 4 aromatic heterocycles. The summed E-state index contributed by atoms with van der Waals surface area (Å²) in [5, 5.41) is 12.6. The lowest BCUT2D eigenvalue weighted by Gasteiger charge is -2.31. The average molecular weight is 380 g/mol. The van der Waals surface area contributed by atoms with Gasteiger partial charge in [-0.3, -0.25) is 19.2 Å². The molecule has 5 rings (SSSR count). The van der Waals surface area contributed by atoms with Gasteiger partial charge in [0, 0.05) is 34.8 Å². The van der Waals surface area contributed by atoms with Gasteiger partial charge in [0.15, 0.2) is 5.65 Å². The predicted molar refractivity (Wildman–Crippen MR) is 101 cm³/mol. The molecule has 0 amide bonds. The molecule has 0 saturated heterocycles. The zero-order chi connectivity index (χ0) is 19.3. The van der Waals surface area contributed by atoms with Crippen molar-refractivity contribution in [1.82, 2.24) is 29.9 Å². The molecule has 142 valence electrons. The molecule has 6 nitrogen and oxygen atoms in total. The van der Waals surface area contributed by atoms with Gasteiger partial charge in [-0.05, 0) is 36.6 Å². The van der Waals surface area contributed by atoms with Gasteiger partial charge in [-0.2, -0.15) is 10.2 Å². The van der Waals surface area contributed by atoms with E-state index in [1.807, 2.05) is 17.7 Å². The van der Waals surface area contributed by atoms with Crippen LogP contribution in [0.3, 0.4) is 0 Å². The van der Waals surface area contributed by atoms with Crippen molar-refractivity contribution in [1.29, 1.82) is 0 Å². The van der Waals surface area contributed by atoms with E-state index >= 15 is 0 Å². The molecule has 0 aliphatic carbocycles. The van der Waals surface area contributed by atoms with Crippen molar-refractivity contribution in [2.45, 2.75) is 26.3 Å². The number of nitrogens with zero attached hydrogens (tertiary/aromatic N) is 5. The van der Waals surface area contributed by atoms with Crippen LogP contribution < -0.4 is 0 Å². The van der Waals surface area contributed by atoms with E-state index in [0.717, 1.165) is 28.6 Å². The second kappa shape index (κ2) is 6.19. The molecule has 28 heavy (non-hydrogen) atoms. The molecule has 1 aliphatic rings. The minimum absolute atomic E-state index is 0.396. The van der Waals surface area contributed by atoms with Gasteiger partial charge in [0.1, 0.15) is 11.5 Å². The monoisotopic (exact) mass is 380 g/mol. The van der Waals surface area contributed by atoms with Crippen LogP contribution in [0.4, 0.5) is 8.78 Å². The van der Waals surface area contributed by atoms with Crippen LogP contribution in [0.15, 0.2) is 36.8 Å². The van der Waals surface area contributed by atoms with Crippen molar-refractivity contribution in [2.75, 3.05) is 6.67 Å². The topological polar surface area (TPSA) is 72.3 Å². The highest BCUT2D eigenvalue weighted by Crippen LogP contribution is 2.42. The normalized spacial score (nSPS) is 19.1. The summed E-state index contributed by atoms with van der Waals surface area (Å²) >= 11 is 0. The Bertz CT molecular complexity index is 1160. The fourth-order valence-corrected chi connectivity index (χ4v) is 3.90. The minimum Gasteiger partial charge on any atom is -0.268 e. The molecular formula is C20H18F2N6. The molecule has 0 radical (unpaired) electrons. The lowest BCUT2D eigenvalue weighted by Crippen LogP contribution is -2.32. The summed E-state index contributed by atoms with van der Waals surface area (Å²) in [5.41, 5.74) is 4.37. The number of hydrogen-bond acceptors (Lipinski definition) is 4. The van der Waals surface area contributed by atoms with Crippen LogP contribution in [-0.2, 0) is 13.0 Å². The third kappa shape index (κ3) is 2.59. The zero-order valence-corrected chi connectivity index (χ0v) is 15.3. The third-order valence-corrected chi connectivity index (χ3v) is 5.47. The van der Waals surface area contributed by atoms with Crippen molar-refractivity contribution >= 4 is 11.0 Å². The predicted octanol–water partition coefficient (Wildman–Crippen LogP) is 3.94. The number of rotatable bonds is 3. The van der Waals surface area contributed by atoms with E-state index in [1.54, 1.807) is 18.5 Å². The van der Waals surface area contributed by atoms with Crippen LogP contribution in [0.2, 0.25) is 0 Å². The largest absolute Gasteiger partial charge is 0.268 e. The maximum absolute atomic E-state index is 13.6. The minimum atomic E-state index is -0.438. The quantitative estimate of drug-likeness (QED) is 0.584. The molecule has 5 heterocycles. The zero-order valence-electron chi connectivity index (χ0n) is 15.3. The van der Waals surface area contributed by atoms with Crippen molar-refractivity contribution in [2.24, 2.45) is 5.41 Å². The van der Waals surface area contributed by atoms with Crippen LogP contribution >= 0.6 is 0 Å². The highest BCUT2D eigenvalue weighted by atomic mass is 19.1. The maximum atomic E-state index is 13.6. The Kier molecular flexibility index (Phi) is 3.75. The smallest absolute Gasteiger partial charge is 0.155 e. The van der Waals surface area contributed by atoms with E-state index < -0.39 is 17.9 Å². The third-order valence-electron chi connectivity index (χ3n) is 5.47. The second-order valence-corrected chi connectivity index (χ2v) is 7.62. The van der Waals surface area contributed by atoms with Gasteiger partial charge < -0.3 is 0 Å². The molecule has 0 bridgehead atoms. The first-order chi connectivity index (χ1) is 13.6. The highest BCUT2D eigenvalue weighted by molar-refractivity contribution is 5.97. The van der Waals surface area contributed by atoms with Crippen molar-refractivity contribution in [3.05, 3.63) is 48.3 Å². The highest BCUT2D eigenvalue weighted by Gasteiger charge is 2.34. The van der Waals surface area contributed by atoms with E-state index in [2.05, 4.69) is 20.2 Å². The summed E-state index contributed by atoms with van der Waals surface area (Å²) in [5.74, 6) is -0.402. The fraction of sp³-hybridized carbons (Fsp3) is 0.300. The molecule has 1 aliphatic heterocycles. The van der Waals surface area contributed by atoms with Gasteiger partial charge in [-0.1, -0.05) is 6.92 Å². The number of aromatic nitrogens is 6. The van der Waals surface area contributed by atoms with Gasteiger partial charge in [0.25, 0.3) is 0 Å². The van der Waals surface area contributed by atoms with Crippen molar-refractivity contribution in [3.8, 4) is 22.5 Å². The standard InChI is InChI=1S/C20H18F2N6/c1-20(10-21)6-4-16-17(13-5-7-23-19-14(13)9-25-26-19)18(27-28(16)11-20)15-3-2-12(22)8-24-15/h2-3,5,7-9H,4,6,10-11H2,1H3,(H,23,25,26). The number of nitrogens with one attached hydrogen (secondary N) is 1. The lowest BCUT2D eigenvalue weighted by atomic mass is 9.82. The molecule has 0 spiro atoms. The number of hydrogen-bond donors (Lipinski definition) is 1. The first-order valence-electron chi connectivity index (χ1n) is 9.14. The molecule has 1 N–H and O–H groups in total. The second-order valence-electron chi connectivity index (χ2n) is 7.62. The number of alkyl halides is 1. The first kappa shape index (κ1) is 17.0. The fourth-order valence-electron chi connectivity index (χ4n) is 3.90. The summed E-state index contributed by atoms with van der Waals surface area (Å²) in [6.45, 7) is 2.04. The first-order valence-corrected chi connectivity index (χ1v) is 9.14. The van der Waals surface area contributed by atoms with Crippen LogP contribution in [0, 0.1) is 11.2 Å². The Morgan fingerprint density at radius 3 is 2.89 bits per heavy atom. The molecule has 1 unspecified atom stereocenters. The maximum Gasteiger partial charge on any atom is 0.155 e. The Morgan fingerprint density at radius 2 is 2.11 bits per heavy atom. The van der Waals surface area contributed by atoms with Crippen LogP contribution in [0.25, 0.3) is 33.5 Å². The van der Waals surface area contributed by atoms with Crippen LogP contribution in [0.1, 0.15) is 19.0 Å². The number of H-pyrrole nitrogens is 1. The Hall–Kier alpha value is -3.16. The Labute approximate surface area is 159 Å². The molecule has 8 heteroatoms. The van der Waals surface area contributed by atoms with Gasteiger partial charge in [0.05, 0.1) is 24.8 Å². The molecule has 4 aromatic rings. The molecule has 0 fully saturated rings. The number of halogens is 2. The molecule has 0 aromatic carbocycles. The van der Waals surface area contributed by atoms with Gasteiger partial charge in [0.2, 0.25) is 0 Å². The van der Waals surface area contributed by atoms with Gasteiger partial charge >= 0.3 is 0 Å². The lowest BCUT2D eigenvalue weighted by molar-refractivity contribution is 0.155. The summed E-state index contributed by atoms with van der Waals surface area (Å²) in [4.78, 5) is 8.55. The number of aromatic amines is 1. The van der Waals surface area contributed by atoms with E-state index in [9.17, 15) is 8.78 Å². The van der Waals surface area contributed by atoms with Gasteiger partial charge in [-0.15, -0.1) is 0 Å². The summed E-state index contributed by atoms with van der Waals surface area (Å²) in [6.07, 6.45) is 6.07. The molecule has 1 atom stereocenters. The van der Waals surface area contributed by atoms with Crippen molar-refractivity contribution < 1.29 is 8.78 Å². The average Bonchev–Trinajstić information content (AvgIpc) is 3.32. The summed E-state index contributed by atoms with van der Waals surface area (Å²) < 4.78 is 28.9.